The summed E-state index contributed by atoms with van der Waals surface area (Å²) in [4.78, 5) is 9.70. The van der Waals surface area contributed by atoms with Gasteiger partial charge in [-0.1, -0.05) is 30.3 Å². The van der Waals surface area contributed by atoms with Crippen LogP contribution in [0.1, 0.15) is 12.0 Å². The topological polar surface area (TPSA) is 18.5 Å². The van der Waals surface area contributed by atoms with Crippen LogP contribution in [0.4, 0.5) is 0 Å². The van der Waals surface area contributed by atoms with E-state index in [0.29, 0.717) is 0 Å². The number of aryl methyl sites for hydroxylation is 1. The van der Waals surface area contributed by atoms with E-state index in [1.54, 1.807) is 0 Å². The zero-order valence-corrected chi connectivity index (χ0v) is 7.85. The minimum Gasteiger partial charge on any atom is -0.298 e. The SMILES string of the molecule is C1=COOC(CCc2ccccc2)=C1. The number of hydrogen-bond acceptors (Lipinski definition) is 2. The molecule has 2 rings (SSSR count). The highest BCUT2D eigenvalue weighted by molar-refractivity contribution is 5.17. The summed E-state index contributed by atoms with van der Waals surface area (Å²) in [6.07, 6.45) is 7.13. The van der Waals surface area contributed by atoms with E-state index in [-0.39, 0.29) is 0 Å². The van der Waals surface area contributed by atoms with E-state index in [1.807, 2.05) is 30.4 Å². The van der Waals surface area contributed by atoms with Crippen LogP contribution in [0.5, 0.6) is 0 Å². The van der Waals surface area contributed by atoms with E-state index in [9.17, 15) is 0 Å². The first-order chi connectivity index (χ1) is 6.95. The van der Waals surface area contributed by atoms with Gasteiger partial charge in [-0.05, 0) is 24.1 Å². The molecule has 0 aliphatic carbocycles. The van der Waals surface area contributed by atoms with Gasteiger partial charge in [0.1, 0.15) is 6.26 Å². The van der Waals surface area contributed by atoms with Crippen LogP contribution in [-0.4, -0.2) is 0 Å². The van der Waals surface area contributed by atoms with Gasteiger partial charge in [-0.2, -0.15) is 0 Å². The Morgan fingerprint density at radius 1 is 1.00 bits per heavy atom. The Labute approximate surface area is 83.4 Å². The molecule has 1 aromatic rings. The van der Waals surface area contributed by atoms with Crippen LogP contribution >= 0.6 is 0 Å². The largest absolute Gasteiger partial charge is 0.298 e. The summed E-state index contributed by atoms with van der Waals surface area (Å²) in [5.41, 5.74) is 1.31. The lowest BCUT2D eigenvalue weighted by atomic mass is 10.1. The van der Waals surface area contributed by atoms with E-state index in [2.05, 4.69) is 12.1 Å². The zero-order valence-electron chi connectivity index (χ0n) is 7.85. The molecule has 2 heteroatoms. The third-order valence-electron chi connectivity index (χ3n) is 2.07. The van der Waals surface area contributed by atoms with Gasteiger partial charge in [-0.15, -0.1) is 0 Å². The summed E-state index contributed by atoms with van der Waals surface area (Å²) in [6, 6.07) is 10.3. The summed E-state index contributed by atoms with van der Waals surface area (Å²) in [6.45, 7) is 0. The number of benzene rings is 1. The first-order valence-electron chi connectivity index (χ1n) is 4.68. The predicted octanol–water partition coefficient (Wildman–Crippen LogP) is 2.98. The van der Waals surface area contributed by atoms with E-state index in [4.69, 9.17) is 9.78 Å². The Hall–Kier alpha value is -1.70. The fourth-order valence-electron chi connectivity index (χ4n) is 1.33. The van der Waals surface area contributed by atoms with Crippen LogP contribution in [0.25, 0.3) is 0 Å². The van der Waals surface area contributed by atoms with Crippen LogP contribution in [0.3, 0.4) is 0 Å². The molecular weight excluding hydrogens is 176 g/mol. The molecule has 1 aromatic carbocycles. The molecule has 14 heavy (non-hydrogen) atoms. The number of hydrogen-bond donors (Lipinski definition) is 0. The molecule has 0 radical (unpaired) electrons. The van der Waals surface area contributed by atoms with Crippen molar-refractivity contribution in [2.24, 2.45) is 0 Å². The van der Waals surface area contributed by atoms with Gasteiger partial charge in [-0.25, -0.2) is 0 Å². The van der Waals surface area contributed by atoms with Gasteiger partial charge < -0.3 is 0 Å². The standard InChI is InChI=1S/C12H12O2/c1-2-5-11(6-3-1)8-9-12-7-4-10-13-14-12/h1-7,10H,8-9H2. The van der Waals surface area contributed by atoms with Gasteiger partial charge in [0.25, 0.3) is 0 Å². The molecular formula is C12H12O2. The molecule has 1 aliphatic rings. The van der Waals surface area contributed by atoms with Gasteiger partial charge in [0.2, 0.25) is 0 Å². The summed E-state index contributed by atoms with van der Waals surface area (Å²) < 4.78 is 0. The fourth-order valence-corrected chi connectivity index (χ4v) is 1.33. The maximum Gasteiger partial charge on any atom is 0.156 e. The quantitative estimate of drug-likeness (QED) is 0.679. The molecule has 0 amide bonds. The summed E-state index contributed by atoms with van der Waals surface area (Å²) in [7, 11) is 0. The summed E-state index contributed by atoms with van der Waals surface area (Å²) in [5, 5.41) is 0. The first kappa shape index (κ1) is 8.88. The van der Waals surface area contributed by atoms with Crippen molar-refractivity contribution in [2.75, 3.05) is 0 Å². The van der Waals surface area contributed by atoms with Crippen molar-refractivity contribution < 1.29 is 9.78 Å². The van der Waals surface area contributed by atoms with Crippen molar-refractivity contribution in [2.45, 2.75) is 12.8 Å². The van der Waals surface area contributed by atoms with Crippen molar-refractivity contribution in [3.8, 4) is 0 Å². The molecule has 2 nitrogen and oxygen atoms in total. The van der Waals surface area contributed by atoms with Crippen LogP contribution in [0.15, 0.2) is 54.5 Å². The van der Waals surface area contributed by atoms with Gasteiger partial charge in [0.05, 0.1) is 0 Å². The van der Waals surface area contributed by atoms with Crippen molar-refractivity contribution >= 4 is 0 Å². The molecule has 0 aromatic heterocycles. The Balaban J connectivity index is 1.88. The smallest absolute Gasteiger partial charge is 0.156 e. The third-order valence-corrected chi connectivity index (χ3v) is 2.07. The van der Waals surface area contributed by atoms with E-state index in [1.165, 1.54) is 11.8 Å². The van der Waals surface area contributed by atoms with Crippen LogP contribution in [0.2, 0.25) is 0 Å². The number of allylic oxidation sites excluding steroid dienone is 3. The molecule has 0 N–H and O–H groups in total. The summed E-state index contributed by atoms with van der Waals surface area (Å²) in [5.74, 6) is 0.872. The average molecular weight is 188 g/mol. The van der Waals surface area contributed by atoms with Gasteiger partial charge in [-0.3, -0.25) is 9.78 Å². The van der Waals surface area contributed by atoms with Crippen LogP contribution in [0, 0.1) is 0 Å². The molecule has 1 heterocycles. The lowest BCUT2D eigenvalue weighted by molar-refractivity contribution is -0.216. The highest BCUT2D eigenvalue weighted by Crippen LogP contribution is 2.13. The lowest BCUT2D eigenvalue weighted by Gasteiger charge is -2.09. The highest BCUT2D eigenvalue weighted by Gasteiger charge is 2.02. The predicted molar refractivity (Wildman–Crippen MR) is 54.2 cm³/mol. The molecule has 0 saturated carbocycles. The molecule has 0 atom stereocenters. The normalized spacial score (nSPS) is 14.1. The van der Waals surface area contributed by atoms with E-state index >= 15 is 0 Å². The molecule has 0 bridgehead atoms. The van der Waals surface area contributed by atoms with Crippen molar-refractivity contribution in [1.29, 1.82) is 0 Å². The Morgan fingerprint density at radius 3 is 2.57 bits per heavy atom. The second-order valence-corrected chi connectivity index (χ2v) is 3.13. The van der Waals surface area contributed by atoms with Gasteiger partial charge in [0.15, 0.2) is 5.76 Å². The Kier molecular flexibility index (Phi) is 2.86. The third kappa shape index (κ3) is 2.39. The highest BCUT2D eigenvalue weighted by atomic mass is 17.2. The minimum absolute atomic E-state index is 0.869. The molecule has 0 fully saturated rings. The Morgan fingerprint density at radius 2 is 1.86 bits per heavy atom. The molecule has 0 saturated heterocycles. The molecule has 72 valence electrons. The average Bonchev–Trinajstić information content (AvgIpc) is 2.29. The van der Waals surface area contributed by atoms with Crippen LogP contribution in [-0.2, 0) is 16.2 Å². The maximum absolute atomic E-state index is 4.97. The fraction of sp³-hybridized carbons (Fsp3) is 0.167. The summed E-state index contributed by atoms with van der Waals surface area (Å²) >= 11 is 0. The van der Waals surface area contributed by atoms with Gasteiger partial charge in [0, 0.05) is 6.42 Å². The minimum atomic E-state index is 0.869. The second kappa shape index (κ2) is 4.51. The van der Waals surface area contributed by atoms with E-state index in [0.717, 1.165) is 18.6 Å². The van der Waals surface area contributed by atoms with Gasteiger partial charge >= 0.3 is 0 Å². The maximum atomic E-state index is 4.97. The van der Waals surface area contributed by atoms with Crippen molar-refractivity contribution in [1.82, 2.24) is 0 Å². The van der Waals surface area contributed by atoms with Crippen LogP contribution < -0.4 is 0 Å². The second-order valence-electron chi connectivity index (χ2n) is 3.13. The van der Waals surface area contributed by atoms with Crippen molar-refractivity contribution in [3.63, 3.8) is 0 Å². The van der Waals surface area contributed by atoms with E-state index < -0.39 is 0 Å². The monoisotopic (exact) mass is 188 g/mol. The van der Waals surface area contributed by atoms with Crippen molar-refractivity contribution in [3.05, 3.63) is 60.1 Å². The first-order valence-corrected chi connectivity index (χ1v) is 4.68. The zero-order chi connectivity index (χ0) is 9.64. The molecule has 0 unspecified atom stereocenters. The molecule has 0 spiro atoms. The lowest BCUT2D eigenvalue weighted by Crippen LogP contribution is -1.96. The molecule has 1 aliphatic heterocycles. The Bertz CT molecular complexity index is 339. The number of rotatable bonds is 3.